The van der Waals surface area contributed by atoms with Crippen molar-refractivity contribution in [1.29, 1.82) is 0 Å². The third-order valence-electron chi connectivity index (χ3n) is 3.90. The molecule has 100 valence electrons. The lowest BCUT2D eigenvalue weighted by Gasteiger charge is -2.32. The number of aromatic nitrogens is 2. The van der Waals surface area contributed by atoms with Crippen molar-refractivity contribution < 1.29 is 14.0 Å². The molecule has 1 N–H and O–H groups in total. The van der Waals surface area contributed by atoms with Gasteiger partial charge >= 0.3 is 0 Å². The number of ether oxygens (including phenoxy) is 2. The molecule has 0 amide bonds. The molecule has 3 rings (SSSR count). The van der Waals surface area contributed by atoms with Gasteiger partial charge in [0.1, 0.15) is 5.60 Å². The van der Waals surface area contributed by atoms with E-state index in [9.17, 15) is 0 Å². The van der Waals surface area contributed by atoms with E-state index in [1.807, 2.05) is 0 Å². The van der Waals surface area contributed by atoms with Crippen LogP contribution in [0.25, 0.3) is 0 Å². The number of nitrogens with zero attached hydrogens (tertiary/aromatic N) is 2. The first-order chi connectivity index (χ1) is 8.82. The normalized spacial score (nSPS) is 23.8. The van der Waals surface area contributed by atoms with Gasteiger partial charge in [-0.3, -0.25) is 0 Å². The van der Waals surface area contributed by atoms with Gasteiger partial charge in [-0.25, -0.2) is 0 Å². The average molecular weight is 253 g/mol. The summed E-state index contributed by atoms with van der Waals surface area (Å²) in [6, 6.07) is 0. The molecule has 0 saturated carbocycles. The molecule has 0 bridgehead atoms. The Bertz CT molecular complexity index is 397. The predicted molar refractivity (Wildman–Crippen MR) is 63.1 cm³/mol. The Morgan fingerprint density at radius 1 is 1.39 bits per heavy atom. The lowest BCUT2D eigenvalue weighted by molar-refractivity contribution is -0.101. The van der Waals surface area contributed by atoms with Gasteiger partial charge in [0.2, 0.25) is 11.7 Å². The predicted octanol–water partition coefficient (Wildman–Crippen LogP) is 0.484. The summed E-state index contributed by atoms with van der Waals surface area (Å²) in [4.78, 5) is 4.51. The van der Waals surface area contributed by atoms with E-state index in [0.717, 1.165) is 38.2 Å². The number of methoxy groups -OCH3 is 1. The Kier molecular flexibility index (Phi) is 3.32. The molecular formula is C12H19N3O3. The number of hydrogen-bond acceptors (Lipinski definition) is 6. The van der Waals surface area contributed by atoms with Gasteiger partial charge in [0, 0.05) is 39.6 Å². The molecule has 6 nitrogen and oxygen atoms in total. The van der Waals surface area contributed by atoms with Crippen molar-refractivity contribution in [3.05, 3.63) is 11.7 Å². The van der Waals surface area contributed by atoms with Crippen LogP contribution < -0.4 is 5.32 Å². The van der Waals surface area contributed by atoms with Crippen molar-refractivity contribution >= 4 is 0 Å². The largest absolute Gasteiger partial charge is 0.381 e. The summed E-state index contributed by atoms with van der Waals surface area (Å²) in [6.07, 6.45) is 2.43. The SMILES string of the molecule is COC1(c2noc(CC3CNC3)n2)CCOCC1. The first-order valence-corrected chi connectivity index (χ1v) is 6.49. The lowest BCUT2D eigenvalue weighted by atomic mass is 9.93. The molecule has 6 heteroatoms. The van der Waals surface area contributed by atoms with Gasteiger partial charge in [0.05, 0.1) is 0 Å². The minimum atomic E-state index is -0.419. The Morgan fingerprint density at radius 3 is 2.78 bits per heavy atom. The van der Waals surface area contributed by atoms with E-state index >= 15 is 0 Å². The Morgan fingerprint density at radius 2 is 2.17 bits per heavy atom. The molecule has 0 aliphatic carbocycles. The zero-order valence-corrected chi connectivity index (χ0v) is 10.6. The van der Waals surface area contributed by atoms with Crippen molar-refractivity contribution in [3.8, 4) is 0 Å². The van der Waals surface area contributed by atoms with Crippen molar-refractivity contribution in [2.75, 3.05) is 33.4 Å². The second kappa shape index (κ2) is 4.95. The fraction of sp³-hybridized carbons (Fsp3) is 0.833. The zero-order chi connectivity index (χ0) is 12.4. The minimum Gasteiger partial charge on any atom is -0.381 e. The first-order valence-electron chi connectivity index (χ1n) is 6.49. The maximum absolute atomic E-state index is 5.65. The molecule has 18 heavy (non-hydrogen) atoms. The summed E-state index contributed by atoms with van der Waals surface area (Å²) in [7, 11) is 1.71. The third-order valence-corrected chi connectivity index (χ3v) is 3.90. The first kappa shape index (κ1) is 12.1. The average Bonchev–Trinajstić information content (AvgIpc) is 2.84. The van der Waals surface area contributed by atoms with Crippen molar-refractivity contribution in [2.45, 2.75) is 24.9 Å². The zero-order valence-electron chi connectivity index (χ0n) is 10.6. The molecule has 0 unspecified atom stereocenters. The van der Waals surface area contributed by atoms with Crippen molar-refractivity contribution in [3.63, 3.8) is 0 Å². The second-order valence-electron chi connectivity index (χ2n) is 5.05. The fourth-order valence-corrected chi connectivity index (χ4v) is 2.48. The van der Waals surface area contributed by atoms with Gasteiger partial charge in [0.25, 0.3) is 0 Å². The van der Waals surface area contributed by atoms with E-state index in [4.69, 9.17) is 14.0 Å². The lowest BCUT2D eigenvalue weighted by Crippen LogP contribution is -2.43. The molecule has 0 spiro atoms. The van der Waals surface area contributed by atoms with Gasteiger partial charge < -0.3 is 19.3 Å². The van der Waals surface area contributed by atoms with Crippen molar-refractivity contribution in [1.82, 2.24) is 15.5 Å². The molecule has 2 fully saturated rings. The molecule has 2 saturated heterocycles. The molecular weight excluding hydrogens is 234 g/mol. The smallest absolute Gasteiger partial charge is 0.227 e. The quantitative estimate of drug-likeness (QED) is 0.842. The van der Waals surface area contributed by atoms with E-state index in [1.165, 1.54) is 0 Å². The highest BCUT2D eigenvalue weighted by atomic mass is 16.5. The fourth-order valence-electron chi connectivity index (χ4n) is 2.48. The second-order valence-corrected chi connectivity index (χ2v) is 5.05. The molecule has 0 radical (unpaired) electrons. The molecule has 0 atom stereocenters. The van der Waals surface area contributed by atoms with Crippen LogP contribution in [0.4, 0.5) is 0 Å². The highest BCUT2D eigenvalue weighted by Crippen LogP contribution is 2.33. The van der Waals surface area contributed by atoms with Gasteiger partial charge in [0.15, 0.2) is 0 Å². The van der Waals surface area contributed by atoms with E-state index in [0.29, 0.717) is 25.0 Å². The number of hydrogen-bond donors (Lipinski definition) is 1. The topological polar surface area (TPSA) is 69.4 Å². The van der Waals surface area contributed by atoms with Gasteiger partial charge in [-0.15, -0.1) is 0 Å². The third kappa shape index (κ3) is 2.15. The van der Waals surface area contributed by atoms with Crippen LogP contribution >= 0.6 is 0 Å². The maximum atomic E-state index is 5.65. The summed E-state index contributed by atoms with van der Waals surface area (Å²) >= 11 is 0. The summed E-state index contributed by atoms with van der Waals surface area (Å²) in [6.45, 7) is 3.45. The molecule has 0 aromatic carbocycles. The van der Waals surface area contributed by atoms with Crippen LogP contribution in [-0.2, 0) is 21.5 Å². The van der Waals surface area contributed by atoms with E-state index in [2.05, 4.69) is 15.5 Å². The molecule has 1 aromatic heterocycles. The standard InChI is InChI=1S/C12H19N3O3/c1-16-12(2-4-17-5-3-12)11-14-10(18-15-11)6-9-7-13-8-9/h9,13H,2-8H2,1H3. The summed E-state index contributed by atoms with van der Waals surface area (Å²) in [5, 5.41) is 7.35. The Balaban J connectivity index is 1.73. The highest BCUT2D eigenvalue weighted by Gasteiger charge is 2.39. The Labute approximate surface area is 106 Å². The van der Waals surface area contributed by atoms with Crippen LogP contribution in [0.15, 0.2) is 4.52 Å². The summed E-state index contributed by atoms with van der Waals surface area (Å²) in [5.74, 6) is 2.03. The molecule has 2 aliphatic heterocycles. The van der Waals surface area contributed by atoms with Crippen molar-refractivity contribution in [2.24, 2.45) is 5.92 Å². The molecule has 3 heterocycles. The number of nitrogens with one attached hydrogen (secondary N) is 1. The van der Waals surface area contributed by atoms with Crippen LogP contribution in [0.1, 0.15) is 24.6 Å². The van der Waals surface area contributed by atoms with E-state index in [1.54, 1.807) is 7.11 Å². The van der Waals surface area contributed by atoms with Gasteiger partial charge in [-0.2, -0.15) is 4.98 Å². The van der Waals surface area contributed by atoms with Gasteiger partial charge in [-0.05, 0) is 19.0 Å². The van der Waals surface area contributed by atoms with E-state index in [-0.39, 0.29) is 0 Å². The maximum Gasteiger partial charge on any atom is 0.227 e. The number of rotatable bonds is 4. The van der Waals surface area contributed by atoms with Crippen LogP contribution in [0, 0.1) is 5.92 Å². The molecule has 2 aliphatic rings. The van der Waals surface area contributed by atoms with Crippen LogP contribution in [0.2, 0.25) is 0 Å². The summed E-state index contributed by atoms with van der Waals surface area (Å²) < 4.78 is 16.4. The monoisotopic (exact) mass is 253 g/mol. The van der Waals surface area contributed by atoms with Crippen LogP contribution in [-0.4, -0.2) is 43.6 Å². The van der Waals surface area contributed by atoms with Gasteiger partial charge in [-0.1, -0.05) is 5.16 Å². The minimum absolute atomic E-state index is 0.419. The van der Waals surface area contributed by atoms with E-state index < -0.39 is 5.60 Å². The Hall–Kier alpha value is -0.980. The van der Waals surface area contributed by atoms with Crippen LogP contribution in [0.3, 0.4) is 0 Å². The molecule has 1 aromatic rings. The highest BCUT2D eigenvalue weighted by molar-refractivity contribution is 5.03. The van der Waals surface area contributed by atoms with Crippen LogP contribution in [0.5, 0.6) is 0 Å². The summed E-state index contributed by atoms with van der Waals surface area (Å²) in [5.41, 5.74) is -0.419.